The number of aromatic nitrogens is 2. The van der Waals surface area contributed by atoms with Crippen molar-refractivity contribution < 1.29 is 17.6 Å². The number of rotatable bonds is 9. The largest absolute Gasteiger partial charge is 0.299 e. The molecule has 0 saturated carbocycles. The Kier molecular flexibility index (Phi) is 7.33. The zero-order valence-electron chi connectivity index (χ0n) is 14.8. The molecule has 1 heterocycles. The van der Waals surface area contributed by atoms with Crippen molar-refractivity contribution >= 4 is 49.8 Å². The Hall–Kier alpha value is -1.98. The molecule has 1 N–H and O–H groups in total. The van der Waals surface area contributed by atoms with Gasteiger partial charge in [-0.15, -0.1) is 16.8 Å². The summed E-state index contributed by atoms with van der Waals surface area (Å²) in [6.07, 6.45) is 2.80. The summed E-state index contributed by atoms with van der Waals surface area (Å²) in [5.41, 5.74) is -0.179. The predicted molar refractivity (Wildman–Crippen MR) is 107 cm³/mol. The molecule has 1 unspecified atom stereocenters. The number of benzene rings is 1. The molecule has 1 aromatic heterocycles. The molecule has 146 valence electrons. The fourth-order valence-electron chi connectivity index (χ4n) is 2.30. The van der Waals surface area contributed by atoms with Crippen molar-refractivity contribution in [1.82, 2.24) is 10.2 Å². The number of hydrogen-bond donors (Lipinski definition) is 1. The third-order valence-electron chi connectivity index (χ3n) is 3.38. The summed E-state index contributed by atoms with van der Waals surface area (Å²) < 4.78 is 40.3. The fourth-order valence-corrected chi connectivity index (χ4v) is 5.03. The maximum atomic E-state index is 14.2. The van der Waals surface area contributed by atoms with Gasteiger partial charge < -0.3 is 0 Å². The minimum atomic E-state index is -3.91. The first-order chi connectivity index (χ1) is 12.8. The highest BCUT2D eigenvalue weighted by Gasteiger charge is 2.33. The number of amides is 1. The van der Waals surface area contributed by atoms with Gasteiger partial charge in [-0.05, 0) is 18.6 Å². The van der Waals surface area contributed by atoms with Crippen molar-refractivity contribution in [1.29, 1.82) is 0 Å². The highest BCUT2D eigenvalue weighted by molar-refractivity contribution is 8.01. The molecule has 0 aliphatic carbocycles. The molecule has 7 nitrogen and oxygen atoms in total. The number of carbonyl (C=O) groups excluding carboxylic acids is 1. The SMILES string of the molecule is C=CCSc1nnc(NC(=O)C(CC)N(c2ccccc2F)S(C)(=O)=O)s1. The number of hydrogen-bond acceptors (Lipinski definition) is 7. The smallest absolute Gasteiger partial charge is 0.250 e. The molecule has 27 heavy (non-hydrogen) atoms. The van der Waals surface area contributed by atoms with Crippen LogP contribution in [0.1, 0.15) is 13.3 Å². The first-order valence-corrected chi connectivity index (χ1v) is 11.5. The lowest BCUT2D eigenvalue weighted by atomic mass is 10.2. The van der Waals surface area contributed by atoms with E-state index in [4.69, 9.17) is 0 Å². The van der Waals surface area contributed by atoms with Crippen molar-refractivity contribution in [2.45, 2.75) is 23.7 Å². The van der Waals surface area contributed by atoms with Crippen molar-refractivity contribution in [3.05, 3.63) is 42.7 Å². The van der Waals surface area contributed by atoms with Crippen LogP contribution < -0.4 is 9.62 Å². The minimum Gasteiger partial charge on any atom is -0.299 e. The molecule has 1 amide bonds. The standard InChI is InChI=1S/C16H19FN4O3S3/c1-4-10-25-16-20-19-15(26-16)18-14(22)12(5-2)21(27(3,23)24)13-9-7-6-8-11(13)17/h4,6-9,12H,1,5,10H2,2-3H3,(H,18,19,22). The third kappa shape index (κ3) is 5.50. The van der Waals surface area contributed by atoms with Gasteiger partial charge >= 0.3 is 0 Å². The van der Waals surface area contributed by atoms with Crippen LogP contribution in [0.3, 0.4) is 0 Å². The van der Waals surface area contributed by atoms with E-state index in [2.05, 4.69) is 22.1 Å². The molecule has 1 aromatic carbocycles. The fraction of sp³-hybridized carbons (Fsp3) is 0.312. The molecule has 11 heteroatoms. The van der Waals surface area contributed by atoms with Gasteiger partial charge in [-0.3, -0.25) is 14.4 Å². The normalized spacial score (nSPS) is 12.4. The van der Waals surface area contributed by atoms with E-state index < -0.39 is 27.8 Å². The predicted octanol–water partition coefficient (Wildman–Crippen LogP) is 3.14. The monoisotopic (exact) mass is 430 g/mol. The van der Waals surface area contributed by atoms with E-state index in [1.54, 1.807) is 13.0 Å². The Bertz CT molecular complexity index is 917. The molecule has 0 fully saturated rings. The number of sulfonamides is 1. The van der Waals surface area contributed by atoms with E-state index in [0.717, 1.165) is 16.6 Å². The maximum absolute atomic E-state index is 14.2. The molecule has 0 radical (unpaired) electrons. The van der Waals surface area contributed by atoms with Gasteiger partial charge in [0.05, 0.1) is 11.9 Å². The molecule has 0 aliphatic rings. The van der Waals surface area contributed by atoms with Crippen LogP contribution >= 0.6 is 23.1 Å². The maximum Gasteiger partial charge on any atom is 0.250 e. The minimum absolute atomic E-state index is 0.143. The average molecular weight is 431 g/mol. The number of thioether (sulfide) groups is 1. The van der Waals surface area contributed by atoms with Gasteiger partial charge in [0.1, 0.15) is 11.9 Å². The summed E-state index contributed by atoms with van der Waals surface area (Å²) in [6.45, 7) is 5.26. The number of nitrogens with zero attached hydrogens (tertiary/aromatic N) is 3. The van der Waals surface area contributed by atoms with Crippen LogP contribution in [0.2, 0.25) is 0 Å². The Labute approximate surface area is 165 Å². The lowest BCUT2D eigenvalue weighted by Gasteiger charge is -2.29. The van der Waals surface area contributed by atoms with Crippen molar-refractivity contribution in [3.63, 3.8) is 0 Å². The highest BCUT2D eigenvalue weighted by Crippen LogP contribution is 2.28. The van der Waals surface area contributed by atoms with E-state index in [1.165, 1.54) is 41.3 Å². The van der Waals surface area contributed by atoms with Gasteiger partial charge in [0, 0.05) is 5.75 Å². The summed E-state index contributed by atoms with van der Waals surface area (Å²) >= 11 is 2.58. The second-order valence-corrected chi connectivity index (χ2v) is 9.50. The van der Waals surface area contributed by atoms with E-state index in [1.807, 2.05) is 0 Å². The van der Waals surface area contributed by atoms with E-state index in [-0.39, 0.29) is 17.2 Å². The van der Waals surface area contributed by atoms with E-state index >= 15 is 0 Å². The molecular weight excluding hydrogens is 411 g/mol. The van der Waals surface area contributed by atoms with Gasteiger partial charge in [0.25, 0.3) is 0 Å². The summed E-state index contributed by atoms with van der Waals surface area (Å²) in [5, 5.41) is 10.6. The quantitative estimate of drug-likeness (QED) is 0.373. The lowest BCUT2D eigenvalue weighted by Crippen LogP contribution is -2.47. The Morgan fingerprint density at radius 1 is 1.44 bits per heavy atom. The van der Waals surface area contributed by atoms with Gasteiger partial charge in [0.2, 0.25) is 21.1 Å². The molecule has 0 spiro atoms. The Balaban J connectivity index is 2.28. The Morgan fingerprint density at radius 2 is 2.15 bits per heavy atom. The van der Waals surface area contributed by atoms with E-state index in [0.29, 0.717) is 10.1 Å². The van der Waals surface area contributed by atoms with Crippen LogP contribution in [0.5, 0.6) is 0 Å². The number of halogens is 1. The molecule has 2 aromatic rings. The first kappa shape index (κ1) is 21.3. The highest BCUT2D eigenvalue weighted by atomic mass is 32.2. The molecule has 0 aliphatic heterocycles. The molecule has 1 atom stereocenters. The molecule has 0 saturated heterocycles. The Morgan fingerprint density at radius 3 is 2.74 bits per heavy atom. The molecular formula is C16H19FN4O3S3. The van der Waals surface area contributed by atoms with Gasteiger partial charge in [-0.1, -0.05) is 48.2 Å². The second kappa shape index (κ2) is 9.29. The topological polar surface area (TPSA) is 92.3 Å². The van der Waals surface area contributed by atoms with Crippen molar-refractivity contribution in [2.75, 3.05) is 21.6 Å². The summed E-state index contributed by atoms with van der Waals surface area (Å²) in [5.74, 6) is -0.689. The molecule has 0 bridgehead atoms. The van der Waals surface area contributed by atoms with Crippen LogP contribution in [0.15, 0.2) is 41.3 Å². The van der Waals surface area contributed by atoms with Crippen LogP contribution in [0.4, 0.5) is 15.2 Å². The van der Waals surface area contributed by atoms with Crippen molar-refractivity contribution in [3.8, 4) is 0 Å². The van der Waals surface area contributed by atoms with Crippen LogP contribution in [-0.4, -0.2) is 42.6 Å². The second-order valence-electron chi connectivity index (χ2n) is 5.40. The number of carbonyl (C=O) groups is 1. The van der Waals surface area contributed by atoms with E-state index in [9.17, 15) is 17.6 Å². The summed E-state index contributed by atoms with van der Waals surface area (Å²) in [6, 6.07) is 4.29. The van der Waals surface area contributed by atoms with Crippen molar-refractivity contribution in [2.24, 2.45) is 0 Å². The summed E-state index contributed by atoms with van der Waals surface area (Å²) in [7, 11) is -3.91. The van der Waals surface area contributed by atoms with Gasteiger partial charge in [-0.25, -0.2) is 12.8 Å². The molecule has 2 rings (SSSR count). The summed E-state index contributed by atoms with van der Waals surface area (Å²) in [4.78, 5) is 12.7. The van der Waals surface area contributed by atoms with Crippen LogP contribution in [-0.2, 0) is 14.8 Å². The van der Waals surface area contributed by atoms with Gasteiger partial charge in [0.15, 0.2) is 4.34 Å². The number of nitrogens with one attached hydrogen (secondary N) is 1. The lowest BCUT2D eigenvalue weighted by molar-refractivity contribution is -0.117. The van der Waals surface area contributed by atoms with Gasteiger partial charge in [-0.2, -0.15) is 0 Å². The third-order valence-corrected chi connectivity index (χ3v) is 6.51. The zero-order chi connectivity index (χ0) is 20.0. The number of anilines is 2. The van der Waals surface area contributed by atoms with Crippen LogP contribution in [0, 0.1) is 5.82 Å². The zero-order valence-corrected chi connectivity index (χ0v) is 17.2. The van der Waals surface area contributed by atoms with Crippen LogP contribution in [0.25, 0.3) is 0 Å². The average Bonchev–Trinajstić information content (AvgIpc) is 3.04. The first-order valence-electron chi connectivity index (χ1n) is 7.90. The number of para-hydroxylation sites is 1.